The van der Waals surface area contributed by atoms with E-state index in [1.807, 2.05) is 6.07 Å². The van der Waals surface area contributed by atoms with Crippen LogP contribution in [-0.2, 0) is 0 Å². The molecule has 0 bridgehead atoms. The first-order valence-electron chi connectivity index (χ1n) is 4.95. The highest BCUT2D eigenvalue weighted by molar-refractivity contribution is 5.47. The summed E-state index contributed by atoms with van der Waals surface area (Å²) in [6.07, 6.45) is 2.51. The lowest BCUT2D eigenvalue weighted by molar-refractivity contribution is 0.758. The molecule has 2 N–H and O–H groups in total. The van der Waals surface area contributed by atoms with E-state index in [9.17, 15) is 0 Å². The van der Waals surface area contributed by atoms with Gasteiger partial charge in [-0.3, -0.25) is 0 Å². The maximum absolute atomic E-state index is 8.41. The lowest BCUT2D eigenvalue weighted by atomic mass is 10.2. The van der Waals surface area contributed by atoms with Gasteiger partial charge < -0.3 is 10.6 Å². The van der Waals surface area contributed by atoms with Crippen LogP contribution in [0, 0.1) is 11.3 Å². The Kier molecular flexibility index (Phi) is 4.35. The summed E-state index contributed by atoms with van der Waals surface area (Å²) < 4.78 is 0. The van der Waals surface area contributed by atoms with Crippen molar-refractivity contribution in [2.45, 2.75) is 26.3 Å². The smallest absolute Gasteiger partial charge is 0.132 e. The molecule has 1 heterocycles. The van der Waals surface area contributed by atoms with Crippen LogP contribution in [0.1, 0.15) is 20.3 Å². The van der Waals surface area contributed by atoms with E-state index in [4.69, 9.17) is 5.26 Å². The second-order valence-corrected chi connectivity index (χ2v) is 3.25. The fourth-order valence-electron chi connectivity index (χ4n) is 1.02. The first-order chi connectivity index (χ1) is 7.26. The molecule has 0 amide bonds. The lowest BCUT2D eigenvalue weighted by Crippen LogP contribution is -2.14. The molecule has 15 heavy (non-hydrogen) atoms. The van der Waals surface area contributed by atoms with E-state index in [2.05, 4.69) is 34.4 Å². The van der Waals surface area contributed by atoms with Crippen molar-refractivity contribution in [1.82, 2.24) is 9.97 Å². The summed E-state index contributed by atoms with van der Waals surface area (Å²) in [5.41, 5.74) is 0. The second-order valence-electron chi connectivity index (χ2n) is 3.25. The van der Waals surface area contributed by atoms with Crippen LogP contribution < -0.4 is 10.6 Å². The molecule has 5 heteroatoms. The molecule has 80 valence electrons. The van der Waals surface area contributed by atoms with Crippen molar-refractivity contribution >= 4 is 11.6 Å². The minimum atomic E-state index is 0.250. The van der Waals surface area contributed by atoms with E-state index in [0.717, 1.165) is 12.2 Å². The van der Waals surface area contributed by atoms with Crippen LogP contribution in [0.5, 0.6) is 0 Å². The number of nitriles is 1. The Morgan fingerprint density at radius 3 is 2.87 bits per heavy atom. The Morgan fingerprint density at radius 2 is 2.20 bits per heavy atom. The Hall–Kier alpha value is -1.83. The number of hydrogen-bond donors (Lipinski definition) is 2. The van der Waals surface area contributed by atoms with Gasteiger partial charge in [-0.05, 0) is 13.3 Å². The molecule has 0 saturated heterocycles. The molecule has 1 unspecified atom stereocenters. The molecule has 0 aliphatic carbocycles. The topological polar surface area (TPSA) is 73.6 Å². The fourth-order valence-corrected chi connectivity index (χ4v) is 1.02. The predicted octanol–water partition coefficient (Wildman–Crippen LogP) is 1.62. The van der Waals surface area contributed by atoms with Crippen molar-refractivity contribution in [3.8, 4) is 6.07 Å². The quantitative estimate of drug-likeness (QED) is 0.714. The molecule has 0 aliphatic rings. The zero-order chi connectivity index (χ0) is 11.1. The lowest BCUT2D eigenvalue weighted by Gasteiger charge is -2.12. The highest BCUT2D eigenvalue weighted by atomic mass is 15.1. The monoisotopic (exact) mass is 205 g/mol. The Balaban J connectivity index is 2.62. The van der Waals surface area contributed by atoms with Crippen LogP contribution in [0.4, 0.5) is 11.6 Å². The summed E-state index contributed by atoms with van der Waals surface area (Å²) in [6, 6.07) is 4.17. The fraction of sp³-hybridized carbons (Fsp3) is 0.500. The zero-order valence-electron chi connectivity index (χ0n) is 8.99. The van der Waals surface area contributed by atoms with Crippen molar-refractivity contribution in [2.75, 3.05) is 17.2 Å². The van der Waals surface area contributed by atoms with Crippen LogP contribution in [0.25, 0.3) is 0 Å². The van der Waals surface area contributed by atoms with E-state index >= 15 is 0 Å². The number of aromatic nitrogens is 2. The predicted molar refractivity (Wildman–Crippen MR) is 59.5 cm³/mol. The molecule has 0 saturated carbocycles. The van der Waals surface area contributed by atoms with E-state index in [1.54, 1.807) is 6.07 Å². The molecule has 0 aromatic carbocycles. The molecule has 0 spiro atoms. The van der Waals surface area contributed by atoms with Crippen molar-refractivity contribution in [1.29, 1.82) is 5.26 Å². The molecule has 1 rings (SSSR count). The average molecular weight is 205 g/mol. The summed E-state index contributed by atoms with van der Waals surface area (Å²) in [5.74, 6) is 1.44. The van der Waals surface area contributed by atoms with Gasteiger partial charge in [0, 0.05) is 12.1 Å². The second kappa shape index (κ2) is 5.81. The van der Waals surface area contributed by atoms with Crippen molar-refractivity contribution in [2.24, 2.45) is 0 Å². The zero-order valence-corrected chi connectivity index (χ0v) is 8.99. The van der Waals surface area contributed by atoms with Crippen molar-refractivity contribution in [3.05, 3.63) is 12.4 Å². The van der Waals surface area contributed by atoms with Crippen LogP contribution in [-0.4, -0.2) is 22.6 Å². The first kappa shape index (κ1) is 11.2. The van der Waals surface area contributed by atoms with Gasteiger partial charge in [-0.15, -0.1) is 0 Å². The maximum atomic E-state index is 8.41. The normalized spacial score (nSPS) is 11.5. The summed E-state index contributed by atoms with van der Waals surface area (Å²) in [4.78, 5) is 8.09. The van der Waals surface area contributed by atoms with E-state index in [-0.39, 0.29) is 6.54 Å². The van der Waals surface area contributed by atoms with Gasteiger partial charge in [-0.2, -0.15) is 5.26 Å². The van der Waals surface area contributed by atoms with Gasteiger partial charge in [0.1, 0.15) is 24.5 Å². The van der Waals surface area contributed by atoms with Gasteiger partial charge in [-0.1, -0.05) is 6.92 Å². The highest BCUT2D eigenvalue weighted by Gasteiger charge is 2.01. The van der Waals surface area contributed by atoms with Gasteiger partial charge in [0.05, 0.1) is 6.07 Å². The molecular formula is C10H15N5. The average Bonchev–Trinajstić information content (AvgIpc) is 2.26. The Labute approximate surface area is 89.6 Å². The van der Waals surface area contributed by atoms with Gasteiger partial charge in [0.2, 0.25) is 0 Å². The summed E-state index contributed by atoms with van der Waals surface area (Å²) in [5, 5.41) is 14.5. The van der Waals surface area contributed by atoms with Gasteiger partial charge >= 0.3 is 0 Å². The van der Waals surface area contributed by atoms with E-state index in [1.165, 1.54) is 6.33 Å². The van der Waals surface area contributed by atoms with Crippen LogP contribution in [0.2, 0.25) is 0 Å². The number of rotatable bonds is 5. The van der Waals surface area contributed by atoms with Gasteiger partial charge in [0.15, 0.2) is 0 Å². The summed E-state index contributed by atoms with van der Waals surface area (Å²) in [6.45, 7) is 4.44. The highest BCUT2D eigenvalue weighted by Crippen LogP contribution is 2.10. The summed E-state index contributed by atoms with van der Waals surface area (Å²) in [7, 11) is 0. The first-order valence-corrected chi connectivity index (χ1v) is 4.95. The molecule has 0 aliphatic heterocycles. The molecule has 0 radical (unpaired) electrons. The van der Waals surface area contributed by atoms with Crippen molar-refractivity contribution in [3.63, 3.8) is 0 Å². The minimum absolute atomic E-state index is 0.250. The van der Waals surface area contributed by atoms with Gasteiger partial charge in [0.25, 0.3) is 0 Å². The number of nitrogens with zero attached hydrogens (tertiary/aromatic N) is 3. The molecular weight excluding hydrogens is 190 g/mol. The number of hydrogen-bond acceptors (Lipinski definition) is 5. The summed E-state index contributed by atoms with van der Waals surface area (Å²) >= 11 is 0. The van der Waals surface area contributed by atoms with Crippen molar-refractivity contribution < 1.29 is 0 Å². The third-order valence-corrected chi connectivity index (χ3v) is 2.02. The van der Waals surface area contributed by atoms with Crippen LogP contribution in [0.15, 0.2) is 12.4 Å². The largest absolute Gasteiger partial charge is 0.367 e. The van der Waals surface area contributed by atoms with E-state index < -0.39 is 0 Å². The Morgan fingerprint density at radius 1 is 1.47 bits per heavy atom. The SMILES string of the molecule is CCC(C)Nc1cc(NCC#N)ncn1. The molecule has 0 fully saturated rings. The molecule has 1 aromatic heterocycles. The Bertz CT molecular complexity index is 344. The molecule has 5 nitrogen and oxygen atoms in total. The maximum Gasteiger partial charge on any atom is 0.132 e. The number of nitrogens with one attached hydrogen (secondary N) is 2. The van der Waals surface area contributed by atoms with Gasteiger partial charge in [-0.25, -0.2) is 9.97 Å². The van der Waals surface area contributed by atoms with Crippen LogP contribution >= 0.6 is 0 Å². The van der Waals surface area contributed by atoms with E-state index in [0.29, 0.717) is 11.9 Å². The van der Waals surface area contributed by atoms with Crippen LogP contribution in [0.3, 0.4) is 0 Å². The standard InChI is InChI=1S/C10H15N5/c1-3-8(2)15-10-6-9(12-5-4-11)13-7-14-10/h6-8H,3,5H2,1-2H3,(H2,12,13,14,15). The molecule has 1 atom stereocenters. The molecule has 1 aromatic rings. The third-order valence-electron chi connectivity index (χ3n) is 2.02. The third kappa shape index (κ3) is 3.81. The minimum Gasteiger partial charge on any atom is -0.367 e. The number of anilines is 2.